The number of hydrogen-bond donors (Lipinski definition) is 1. The molecule has 0 unspecified atom stereocenters. The topological polar surface area (TPSA) is 54.5 Å². The van der Waals surface area contributed by atoms with Crippen molar-refractivity contribution in [1.82, 2.24) is 4.98 Å². The van der Waals surface area contributed by atoms with Crippen LogP contribution in [0.5, 0.6) is 0 Å². The van der Waals surface area contributed by atoms with E-state index in [0.29, 0.717) is 17.7 Å². The summed E-state index contributed by atoms with van der Waals surface area (Å²) in [6.07, 6.45) is 2.40. The second kappa shape index (κ2) is 6.32. The van der Waals surface area contributed by atoms with Gasteiger partial charge < -0.3 is 5.11 Å². The highest BCUT2D eigenvalue weighted by Crippen LogP contribution is 2.43. The molecule has 0 saturated heterocycles. The molecule has 3 aromatic rings. The van der Waals surface area contributed by atoms with Gasteiger partial charge in [-0.25, -0.2) is 14.6 Å². The Hall–Kier alpha value is -2.49. The number of nitrogens with zero attached hydrogens (tertiary/aromatic N) is 2. The SMILES string of the molecule is [C-]#[N+]c1c(CC)sc(C(=O)O)c1-c1ccc(-c2nccs2)cc1. The average Bonchev–Trinajstić information content (AvgIpc) is 3.22. The molecule has 0 atom stereocenters. The lowest BCUT2D eigenvalue weighted by atomic mass is 10.0. The van der Waals surface area contributed by atoms with Crippen LogP contribution >= 0.6 is 22.7 Å². The number of benzene rings is 1. The van der Waals surface area contributed by atoms with E-state index >= 15 is 0 Å². The Balaban J connectivity index is 2.13. The Bertz CT molecular complexity index is 888. The van der Waals surface area contributed by atoms with Crippen LogP contribution in [-0.4, -0.2) is 16.1 Å². The number of hydrogen-bond acceptors (Lipinski definition) is 4. The van der Waals surface area contributed by atoms with Crippen molar-refractivity contribution in [2.45, 2.75) is 13.3 Å². The zero-order valence-electron chi connectivity index (χ0n) is 12.2. The molecule has 4 nitrogen and oxygen atoms in total. The molecule has 0 radical (unpaired) electrons. The Morgan fingerprint density at radius 3 is 2.52 bits per heavy atom. The highest BCUT2D eigenvalue weighted by atomic mass is 32.1. The number of carboxylic acid groups (broad SMARTS) is 1. The van der Waals surface area contributed by atoms with Crippen molar-refractivity contribution in [3.05, 3.63) is 57.0 Å². The van der Waals surface area contributed by atoms with Crippen molar-refractivity contribution >= 4 is 34.3 Å². The lowest BCUT2D eigenvalue weighted by Gasteiger charge is -2.04. The van der Waals surface area contributed by atoms with E-state index in [1.54, 1.807) is 17.5 Å². The molecule has 0 aliphatic heterocycles. The summed E-state index contributed by atoms with van der Waals surface area (Å²) in [5, 5.41) is 12.3. The van der Waals surface area contributed by atoms with Crippen molar-refractivity contribution in [3.63, 3.8) is 0 Å². The van der Waals surface area contributed by atoms with Crippen LogP contribution in [-0.2, 0) is 6.42 Å². The molecule has 0 aliphatic rings. The summed E-state index contributed by atoms with van der Waals surface area (Å²) in [5.41, 5.74) is 2.72. The van der Waals surface area contributed by atoms with E-state index in [1.165, 1.54) is 11.3 Å². The molecule has 1 N–H and O–H groups in total. The maximum atomic E-state index is 11.5. The fourth-order valence-electron chi connectivity index (χ4n) is 2.39. The molecule has 1 aromatic carbocycles. The third-order valence-corrected chi connectivity index (χ3v) is 5.57. The van der Waals surface area contributed by atoms with Crippen LogP contribution in [0.3, 0.4) is 0 Å². The predicted molar refractivity (Wildman–Crippen MR) is 93.5 cm³/mol. The number of aromatic carboxylic acids is 1. The smallest absolute Gasteiger partial charge is 0.345 e. The normalized spacial score (nSPS) is 10.4. The summed E-state index contributed by atoms with van der Waals surface area (Å²) in [6.45, 7) is 9.35. The first-order valence-corrected chi connectivity index (χ1v) is 8.62. The second-order valence-corrected chi connectivity index (χ2v) is 6.76. The molecule has 0 aliphatic carbocycles. The van der Waals surface area contributed by atoms with Crippen molar-refractivity contribution in [2.75, 3.05) is 0 Å². The van der Waals surface area contributed by atoms with E-state index in [-0.39, 0.29) is 4.88 Å². The minimum atomic E-state index is -0.987. The summed E-state index contributed by atoms with van der Waals surface area (Å²) in [4.78, 5) is 20.4. The quantitative estimate of drug-likeness (QED) is 0.651. The van der Waals surface area contributed by atoms with Crippen LogP contribution in [0, 0.1) is 6.57 Å². The van der Waals surface area contributed by atoms with Crippen LogP contribution in [0.2, 0.25) is 0 Å². The Morgan fingerprint density at radius 2 is 2.00 bits per heavy atom. The first kappa shape index (κ1) is 15.4. The van der Waals surface area contributed by atoms with Gasteiger partial charge in [0.05, 0.1) is 6.57 Å². The highest BCUT2D eigenvalue weighted by Gasteiger charge is 2.23. The molecular formula is C17H12N2O2S2. The van der Waals surface area contributed by atoms with Crippen molar-refractivity contribution in [2.24, 2.45) is 0 Å². The standard InChI is InChI=1S/C17H12N2O2S2/c1-3-12-14(18-2)13(15(23-12)17(20)21)10-4-6-11(7-5-10)16-19-8-9-22-16/h4-9H,3H2,1H3,(H,20,21). The lowest BCUT2D eigenvalue weighted by molar-refractivity contribution is 0.0703. The maximum Gasteiger partial charge on any atom is 0.345 e. The molecule has 23 heavy (non-hydrogen) atoms. The minimum Gasteiger partial charge on any atom is -0.477 e. The number of thiophene rings is 1. The monoisotopic (exact) mass is 340 g/mol. The summed E-state index contributed by atoms with van der Waals surface area (Å²) in [5.74, 6) is -0.987. The molecule has 3 rings (SSSR count). The van der Waals surface area contributed by atoms with Gasteiger partial charge in [-0.2, -0.15) is 0 Å². The van der Waals surface area contributed by atoms with Gasteiger partial charge in [0.25, 0.3) is 0 Å². The van der Waals surface area contributed by atoms with Gasteiger partial charge in [0, 0.05) is 27.6 Å². The summed E-state index contributed by atoms with van der Waals surface area (Å²) in [6, 6.07) is 7.55. The molecule has 0 spiro atoms. The van der Waals surface area contributed by atoms with Gasteiger partial charge in [-0.15, -0.1) is 22.7 Å². The molecule has 2 aromatic heterocycles. The first-order valence-electron chi connectivity index (χ1n) is 6.92. The van der Waals surface area contributed by atoms with Crippen LogP contribution in [0.15, 0.2) is 35.8 Å². The van der Waals surface area contributed by atoms with Gasteiger partial charge in [-0.05, 0) is 12.0 Å². The number of thiazole rings is 1. The number of carboxylic acids is 1. The Labute approximate surface area is 141 Å². The van der Waals surface area contributed by atoms with Gasteiger partial charge in [0.2, 0.25) is 5.69 Å². The zero-order chi connectivity index (χ0) is 16.4. The van der Waals surface area contributed by atoms with Crippen LogP contribution in [0.25, 0.3) is 26.5 Å². The van der Waals surface area contributed by atoms with E-state index in [9.17, 15) is 9.90 Å². The number of aryl methyl sites for hydroxylation is 1. The largest absolute Gasteiger partial charge is 0.477 e. The third-order valence-electron chi connectivity index (χ3n) is 3.43. The van der Waals surface area contributed by atoms with Gasteiger partial charge in [0.1, 0.15) is 9.88 Å². The fourth-order valence-corrected chi connectivity index (χ4v) is 4.07. The van der Waals surface area contributed by atoms with Gasteiger partial charge >= 0.3 is 5.97 Å². The lowest BCUT2D eigenvalue weighted by Crippen LogP contribution is -1.94. The summed E-state index contributed by atoms with van der Waals surface area (Å²) in [7, 11) is 0. The minimum absolute atomic E-state index is 0.231. The molecular weight excluding hydrogens is 328 g/mol. The van der Waals surface area contributed by atoms with Crippen molar-refractivity contribution < 1.29 is 9.90 Å². The van der Waals surface area contributed by atoms with Crippen LogP contribution in [0.1, 0.15) is 21.5 Å². The number of carbonyl (C=O) groups is 1. The third kappa shape index (κ3) is 2.77. The van der Waals surface area contributed by atoms with Crippen molar-refractivity contribution in [3.8, 4) is 21.7 Å². The summed E-state index contributed by atoms with van der Waals surface area (Å²) >= 11 is 2.74. The van der Waals surface area contributed by atoms with E-state index in [2.05, 4.69) is 9.83 Å². The van der Waals surface area contributed by atoms with Crippen molar-refractivity contribution in [1.29, 1.82) is 0 Å². The van der Waals surface area contributed by atoms with Gasteiger partial charge in [0.15, 0.2) is 0 Å². The Morgan fingerprint density at radius 1 is 1.30 bits per heavy atom. The van der Waals surface area contributed by atoms with E-state index < -0.39 is 5.97 Å². The van der Waals surface area contributed by atoms with E-state index in [1.807, 2.05) is 36.6 Å². The summed E-state index contributed by atoms with van der Waals surface area (Å²) < 4.78 is 0. The zero-order valence-corrected chi connectivity index (χ0v) is 13.9. The molecule has 114 valence electrons. The average molecular weight is 340 g/mol. The molecule has 0 saturated carbocycles. The molecule has 0 fully saturated rings. The highest BCUT2D eigenvalue weighted by molar-refractivity contribution is 7.15. The molecule has 0 bridgehead atoms. The van der Waals surface area contributed by atoms with E-state index in [0.717, 1.165) is 21.0 Å². The number of rotatable bonds is 4. The van der Waals surface area contributed by atoms with Gasteiger partial charge in [-0.1, -0.05) is 31.2 Å². The molecule has 6 heteroatoms. The second-order valence-electron chi connectivity index (χ2n) is 4.76. The maximum absolute atomic E-state index is 11.5. The number of aromatic nitrogens is 1. The Kier molecular flexibility index (Phi) is 4.24. The molecule has 0 amide bonds. The van der Waals surface area contributed by atoms with Crippen LogP contribution in [0.4, 0.5) is 5.69 Å². The predicted octanol–water partition coefficient (Wildman–Crippen LogP) is 5.35. The van der Waals surface area contributed by atoms with Crippen LogP contribution < -0.4 is 0 Å². The van der Waals surface area contributed by atoms with Gasteiger partial charge in [-0.3, -0.25) is 0 Å². The molecule has 2 heterocycles. The van der Waals surface area contributed by atoms with E-state index in [4.69, 9.17) is 6.57 Å². The fraction of sp³-hybridized carbons (Fsp3) is 0.118. The first-order chi connectivity index (χ1) is 11.2.